The van der Waals surface area contributed by atoms with Gasteiger partial charge in [-0.05, 0) is 0 Å². The van der Waals surface area contributed by atoms with Crippen molar-refractivity contribution < 1.29 is 26.3 Å². The molecule has 5 heteroatoms. The second kappa shape index (κ2) is 5.87. The topological polar surface area (TPSA) is 67.2 Å². The van der Waals surface area contributed by atoms with E-state index in [1.807, 2.05) is 6.92 Å². The number of carbonyl (C=O) groups excluding carboxylic acids is 1. The Labute approximate surface area is 71.5 Å². The first-order valence-corrected chi connectivity index (χ1v) is 6.24. The summed E-state index contributed by atoms with van der Waals surface area (Å²) >= 11 is -0.0453. The number of carbonyl (C=O) groups is 1. The molecular formula is C5H13IN3O-. The molecular weight excluding hydrogens is 245 g/mol. The molecule has 0 saturated heterocycles. The molecule has 0 bridgehead atoms. The summed E-state index contributed by atoms with van der Waals surface area (Å²) in [6.45, 7) is 1.95. The van der Waals surface area contributed by atoms with Crippen molar-refractivity contribution in [3.63, 3.8) is 0 Å². The first-order chi connectivity index (χ1) is 4.76. The zero-order chi connectivity index (χ0) is 7.98. The first kappa shape index (κ1) is 10.1. The normalized spacial score (nSPS) is 13.1. The van der Waals surface area contributed by atoms with Crippen LogP contribution in [0.4, 0.5) is 0 Å². The van der Waals surface area contributed by atoms with E-state index >= 15 is 0 Å². The third-order valence-electron chi connectivity index (χ3n) is 1.11. The van der Waals surface area contributed by atoms with Crippen LogP contribution in [0.1, 0.15) is 13.3 Å². The van der Waals surface area contributed by atoms with Crippen LogP contribution in [0.2, 0.25) is 0 Å². The fourth-order valence-electron chi connectivity index (χ4n) is 0.544. The fourth-order valence-corrected chi connectivity index (χ4v) is 2.02. The van der Waals surface area contributed by atoms with E-state index in [0.29, 0.717) is 0 Å². The van der Waals surface area contributed by atoms with Gasteiger partial charge in [0, 0.05) is 0 Å². The Morgan fingerprint density at radius 1 is 1.80 bits per heavy atom. The Bertz CT molecular complexity index is 109. The summed E-state index contributed by atoms with van der Waals surface area (Å²) < 4.78 is 3.10. The Balaban J connectivity index is 3.68. The molecule has 1 atom stereocenters. The molecule has 4 nitrogen and oxygen atoms in total. The van der Waals surface area contributed by atoms with E-state index in [2.05, 4.69) is 13.9 Å². The number of nitrogens with one attached hydrogen (secondary N) is 2. The van der Waals surface area contributed by atoms with Crippen molar-refractivity contribution in [1.29, 1.82) is 0 Å². The molecule has 0 aliphatic carbocycles. The van der Waals surface area contributed by atoms with E-state index in [1.54, 1.807) is 0 Å². The van der Waals surface area contributed by atoms with Crippen molar-refractivity contribution in [1.82, 2.24) is 8.96 Å². The Morgan fingerprint density at radius 2 is 2.40 bits per heavy atom. The average molecular weight is 258 g/mol. The number of halogens is 1. The summed E-state index contributed by atoms with van der Waals surface area (Å²) in [6.07, 6.45) is 0.788. The van der Waals surface area contributed by atoms with E-state index in [1.165, 1.54) is 0 Å². The quantitative estimate of drug-likeness (QED) is 0.120. The van der Waals surface area contributed by atoms with Crippen LogP contribution in [0.5, 0.6) is 0 Å². The van der Waals surface area contributed by atoms with E-state index < -0.39 is 0 Å². The van der Waals surface area contributed by atoms with Gasteiger partial charge in [-0.2, -0.15) is 0 Å². The number of nitrogens with two attached hydrogens (primary N) is 1. The van der Waals surface area contributed by atoms with Crippen molar-refractivity contribution in [2.45, 2.75) is 19.4 Å². The molecule has 62 valence electrons. The molecule has 0 fully saturated rings. The number of hydrogen-bond donors (Lipinski definition) is 3. The van der Waals surface area contributed by atoms with Gasteiger partial charge in [0.1, 0.15) is 0 Å². The SMILES string of the molecule is CCC(N[I-]C)C(=O)NN. The van der Waals surface area contributed by atoms with E-state index in [-0.39, 0.29) is 33.4 Å². The molecule has 4 N–H and O–H groups in total. The maximum atomic E-state index is 10.9. The molecule has 1 unspecified atom stereocenters. The third kappa shape index (κ3) is 3.33. The summed E-state index contributed by atoms with van der Waals surface area (Å²) in [5.74, 6) is 4.83. The fraction of sp³-hybridized carbons (Fsp3) is 0.800. The summed E-state index contributed by atoms with van der Waals surface area (Å²) in [7, 11) is 0. The minimum absolute atomic E-state index is 0.0453. The standard InChI is InChI=1S/C5H13IN3O/c1-3-4(8-6-2)5(10)9-7/h4,8H,3,7H2,1-2H3,(H,9,10)/q-1. The molecule has 10 heavy (non-hydrogen) atoms. The van der Waals surface area contributed by atoms with Crippen molar-refractivity contribution in [3.05, 3.63) is 0 Å². The Kier molecular flexibility index (Phi) is 5.94. The zero-order valence-corrected chi connectivity index (χ0v) is 8.31. The number of rotatable bonds is 4. The van der Waals surface area contributed by atoms with Crippen molar-refractivity contribution in [3.8, 4) is 0 Å². The zero-order valence-electron chi connectivity index (χ0n) is 6.15. The molecule has 0 radical (unpaired) electrons. The molecule has 0 heterocycles. The second-order valence-electron chi connectivity index (χ2n) is 1.77. The third-order valence-corrected chi connectivity index (χ3v) is 2.48. The van der Waals surface area contributed by atoms with Gasteiger partial charge in [-0.1, -0.05) is 0 Å². The number of hydrogen-bond acceptors (Lipinski definition) is 3. The van der Waals surface area contributed by atoms with Crippen molar-refractivity contribution in [2.24, 2.45) is 5.84 Å². The summed E-state index contributed by atoms with van der Waals surface area (Å²) in [4.78, 5) is 12.9. The van der Waals surface area contributed by atoms with Gasteiger partial charge in [-0.15, -0.1) is 0 Å². The van der Waals surface area contributed by atoms with Crippen LogP contribution in [0.25, 0.3) is 0 Å². The van der Waals surface area contributed by atoms with Crippen LogP contribution in [0.3, 0.4) is 0 Å². The van der Waals surface area contributed by atoms with E-state index in [0.717, 1.165) is 6.42 Å². The Hall–Kier alpha value is 0.120. The van der Waals surface area contributed by atoms with Crippen LogP contribution in [0.15, 0.2) is 0 Å². The van der Waals surface area contributed by atoms with Crippen LogP contribution >= 0.6 is 0 Å². The molecule has 1 amide bonds. The summed E-state index contributed by atoms with van der Waals surface area (Å²) in [6, 6.07) is -0.0946. The van der Waals surface area contributed by atoms with Crippen LogP contribution in [-0.4, -0.2) is 16.9 Å². The molecule has 0 aromatic rings. The number of hydrazine groups is 1. The maximum absolute atomic E-state index is 10.9. The predicted molar refractivity (Wildman–Crippen MR) is 35.5 cm³/mol. The molecule has 0 rings (SSSR count). The van der Waals surface area contributed by atoms with Crippen molar-refractivity contribution >= 4 is 5.91 Å². The van der Waals surface area contributed by atoms with Crippen molar-refractivity contribution in [2.75, 3.05) is 4.93 Å². The van der Waals surface area contributed by atoms with E-state index in [4.69, 9.17) is 5.84 Å². The average Bonchev–Trinajstić information content (AvgIpc) is 1.99. The first-order valence-electron chi connectivity index (χ1n) is 3.00. The number of alkyl halides is 1. The van der Waals surface area contributed by atoms with Gasteiger partial charge < -0.3 is 0 Å². The number of amides is 1. The molecule has 0 aliphatic heterocycles. The summed E-state index contributed by atoms with van der Waals surface area (Å²) in [5, 5.41) is 0. The van der Waals surface area contributed by atoms with Gasteiger partial charge in [0.25, 0.3) is 0 Å². The van der Waals surface area contributed by atoms with Gasteiger partial charge in [0.15, 0.2) is 0 Å². The van der Waals surface area contributed by atoms with Crippen LogP contribution in [-0.2, 0) is 4.79 Å². The molecule has 0 saturated carbocycles. The van der Waals surface area contributed by atoms with Crippen LogP contribution < -0.4 is 36.3 Å². The van der Waals surface area contributed by atoms with Gasteiger partial charge in [-0.3, -0.25) is 0 Å². The van der Waals surface area contributed by atoms with Gasteiger partial charge >= 0.3 is 71.3 Å². The molecule has 0 spiro atoms. The second-order valence-corrected chi connectivity index (χ2v) is 3.47. The van der Waals surface area contributed by atoms with Gasteiger partial charge in [0.2, 0.25) is 0 Å². The Morgan fingerprint density at radius 3 is 2.70 bits per heavy atom. The molecule has 0 aliphatic rings. The van der Waals surface area contributed by atoms with E-state index in [9.17, 15) is 4.79 Å². The molecule has 0 aromatic heterocycles. The van der Waals surface area contributed by atoms with Crippen LogP contribution in [0, 0.1) is 0 Å². The van der Waals surface area contributed by atoms with Gasteiger partial charge in [0.05, 0.1) is 0 Å². The van der Waals surface area contributed by atoms with Gasteiger partial charge in [-0.25, -0.2) is 0 Å². The predicted octanol–water partition coefficient (Wildman–Crippen LogP) is -4.02. The minimum atomic E-state index is -0.121. The monoisotopic (exact) mass is 258 g/mol. The molecule has 0 aromatic carbocycles. The summed E-state index contributed by atoms with van der Waals surface area (Å²) in [5.41, 5.74) is 2.12.